The number of carbonyl (C=O) groups is 1. The van der Waals surface area contributed by atoms with Crippen molar-refractivity contribution in [1.82, 2.24) is 9.88 Å². The third-order valence-corrected chi connectivity index (χ3v) is 5.89. The highest BCUT2D eigenvalue weighted by Crippen LogP contribution is 2.31. The predicted octanol–water partition coefficient (Wildman–Crippen LogP) is 5.31. The molecule has 0 N–H and O–H groups in total. The van der Waals surface area contributed by atoms with E-state index in [0.717, 1.165) is 15.8 Å². The summed E-state index contributed by atoms with van der Waals surface area (Å²) in [5.41, 5.74) is 3.03. The summed E-state index contributed by atoms with van der Waals surface area (Å²) in [5, 5.41) is 0.508. The Balaban J connectivity index is 1.66. The summed E-state index contributed by atoms with van der Waals surface area (Å²) in [7, 11) is 3.91. The fraction of sp³-hybridized carbons (Fsp3) is 0.167. The van der Waals surface area contributed by atoms with Crippen LogP contribution in [0.4, 0.5) is 9.52 Å². The molecule has 4 nitrogen and oxygen atoms in total. The average Bonchev–Trinajstić information content (AvgIpc) is 3.20. The first-order valence-corrected chi connectivity index (χ1v) is 10.5. The molecule has 0 radical (unpaired) electrons. The average molecular weight is 420 g/mol. The second kappa shape index (κ2) is 8.73. The lowest BCUT2D eigenvalue weighted by molar-refractivity contribution is 0.0985. The summed E-state index contributed by atoms with van der Waals surface area (Å²) >= 11 is 1.33. The Morgan fingerprint density at radius 1 is 0.900 bits per heavy atom. The van der Waals surface area contributed by atoms with Crippen molar-refractivity contribution in [3.8, 4) is 11.1 Å². The van der Waals surface area contributed by atoms with Gasteiger partial charge in [0.1, 0.15) is 11.3 Å². The number of rotatable bonds is 6. The number of benzene rings is 3. The summed E-state index contributed by atoms with van der Waals surface area (Å²) in [5.74, 6) is -0.516. The number of likely N-dealkylation sites (N-methyl/N-ethyl adjacent to an activating group) is 1. The lowest BCUT2D eigenvalue weighted by Gasteiger charge is -2.22. The first-order valence-electron chi connectivity index (χ1n) is 9.70. The molecule has 152 valence electrons. The number of halogens is 1. The van der Waals surface area contributed by atoms with Crippen LogP contribution in [-0.2, 0) is 0 Å². The highest BCUT2D eigenvalue weighted by Gasteiger charge is 2.22. The number of nitrogens with zero attached hydrogens (tertiary/aromatic N) is 3. The number of anilines is 1. The molecule has 0 aliphatic rings. The summed E-state index contributed by atoms with van der Waals surface area (Å²) < 4.78 is 14.9. The van der Waals surface area contributed by atoms with Gasteiger partial charge in [-0.25, -0.2) is 9.37 Å². The maximum absolute atomic E-state index is 14.1. The van der Waals surface area contributed by atoms with Crippen LogP contribution in [0.5, 0.6) is 0 Å². The SMILES string of the molecule is CN(C)CCN(C(=O)c1ccc(-c2ccccc2)cc1)c1nc2c(F)cccc2s1. The van der Waals surface area contributed by atoms with Gasteiger partial charge in [0, 0.05) is 18.7 Å². The molecule has 0 spiro atoms. The van der Waals surface area contributed by atoms with E-state index in [0.29, 0.717) is 29.3 Å². The fourth-order valence-electron chi connectivity index (χ4n) is 3.19. The smallest absolute Gasteiger partial charge is 0.260 e. The third kappa shape index (κ3) is 4.25. The van der Waals surface area contributed by atoms with Crippen molar-refractivity contribution in [3.63, 3.8) is 0 Å². The van der Waals surface area contributed by atoms with Gasteiger partial charge in [-0.2, -0.15) is 0 Å². The molecule has 0 saturated heterocycles. The fourth-order valence-corrected chi connectivity index (χ4v) is 4.20. The number of hydrogen-bond donors (Lipinski definition) is 0. The number of aromatic nitrogens is 1. The van der Waals surface area contributed by atoms with Crippen molar-refractivity contribution in [2.45, 2.75) is 0 Å². The Morgan fingerprint density at radius 3 is 2.27 bits per heavy atom. The van der Waals surface area contributed by atoms with Gasteiger partial charge in [0.2, 0.25) is 0 Å². The van der Waals surface area contributed by atoms with Gasteiger partial charge in [-0.05, 0) is 49.5 Å². The van der Waals surface area contributed by atoms with Gasteiger partial charge in [0.05, 0.1) is 4.70 Å². The number of para-hydroxylation sites is 1. The molecule has 4 aromatic rings. The second-order valence-electron chi connectivity index (χ2n) is 7.29. The monoisotopic (exact) mass is 419 g/mol. The highest BCUT2D eigenvalue weighted by molar-refractivity contribution is 7.22. The van der Waals surface area contributed by atoms with Crippen molar-refractivity contribution >= 4 is 32.6 Å². The summed E-state index contributed by atoms with van der Waals surface area (Å²) in [6.07, 6.45) is 0. The molecule has 0 unspecified atom stereocenters. The maximum atomic E-state index is 14.1. The molecule has 0 atom stereocenters. The van der Waals surface area contributed by atoms with Crippen molar-refractivity contribution in [3.05, 3.63) is 84.2 Å². The van der Waals surface area contributed by atoms with Crippen molar-refractivity contribution in [2.24, 2.45) is 0 Å². The standard InChI is InChI=1S/C24H22FN3OS/c1-27(2)15-16-28(24-26-22-20(25)9-6-10-21(22)30-24)23(29)19-13-11-18(12-14-19)17-7-4-3-5-8-17/h3-14H,15-16H2,1-2H3. The normalized spacial score (nSPS) is 11.2. The summed E-state index contributed by atoms with van der Waals surface area (Å²) in [6.45, 7) is 1.14. The Morgan fingerprint density at radius 2 is 1.60 bits per heavy atom. The Labute approximate surface area is 179 Å². The minimum Gasteiger partial charge on any atom is -0.308 e. The second-order valence-corrected chi connectivity index (χ2v) is 8.30. The van der Waals surface area contributed by atoms with Crippen LogP contribution in [0.15, 0.2) is 72.8 Å². The van der Waals surface area contributed by atoms with Crippen LogP contribution in [0.1, 0.15) is 10.4 Å². The first-order chi connectivity index (χ1) is 14.5. The van der Waals surface area contributed by atoms with E-state index in [4.69, 9.17) is 0 Å². The number of thiazole rings is 1. The maximum Gasteiger partial charge on any atom is 0.260 e. The van der Waals surface area contributed by atoms with E-state index >= 15 is 0 Å². The first kappa shape index (κ1) is 20.2. The number of hydrogen-bond acceptors (Lipinski definition) is 4. The molecule has 0 bridgehead atoms. The molecule has 0 fully saturated rings. The van der Waals surface area contributed by atoms with Crippen molar-refractivity contribution in [2.75, 3.05) is 32.1 Å². The zero-order valence-electron chi connectivity index (χ0n) is 16.9. The minimum atomic E-state index is -0.373. The summed E-state index contributed by atoms with van der Waals surface area (Å²) in [6, 6.07) is 22.5. The largest absolute Gasteiger partial charge is 0.308 e. The van der Waals surface area contributed by atoms with Gasteiger partial charge in [0.25, 0.3) is 5.91 Å². The van der Waals surface area contributed by atoms with E-state index in [1.165, 1.54) is 17.4 Å². The molecule has 0 saturated carbocycles. The van der Waals surface area contributed by atoms with Gasteiger partial charge in [-0.3, -0.25) is 9.69 Å². The van der Waals surface area contributed by atoms with Gasteiger partial charge >= 0.3 is 0 Å². The van der Waals surface area contributed by atoms with E-state index in [1.807, 2.05) is 79.7 Å². The van der Waals surface area contributed by atoms with Crippen LogP contribution in [-0.4, -0.2) is 43.0 Å². The van der Waals surface area contributed by atoms with Crippen LogP contribution in [0.2, 0.25) is 0 Å². The minimum absolute atomic E-state index is 0.143. The Kier molecular flexibility index (Phi) is 5.88. The molecule has 3 aromatic carbocycles. The van der Waals surface area contributed by atoms with E-state index in [2.05, 4.69) is 4.98 Å². The molecule has 1 heterocycles. The van der Waals surface area contributed by atoms with E-state index in [-0.39, 0.29) is 11.7 Å². The third-order valence-electron chi connectivity index (χ3n) is 4.84. The van der Waals surface area contributed by atoms with Crippen LogP contribution < -0.4 is 4.90 Å². The molecule has 30 heavy (non-hydrogen) atoms. The lowest BCUT2D eigenvalue weighted by Crippen LogP contribution is -2.36. The zero-order valence-corrected chi connectivity index (χ0v) is 17.7. The van der Waals surface area contributed by atoms with Crippen LogP contribution in [0, 0.1) is 5.82 Å². The Hall–Kier alpha value is -3.09. The lowest BCUT2D eigenvalue weighted by atomic mass is 10.0. The molecule has 6 heteroatoms. The summed E-state index contributed by atoms with van der Waals surface area (Å²) in [4.78, 5) is 21.4. The topological polar surface area (TPSA) is 36.4 Å². The Bertz CT molecular complexity index is 1160. The number of amides is 1. The molecule has 0 aliphatic heterocycles. The van der Waals surface area contributed by atoms with Crippen LogP contribution >= 0.6 is 11.3 Å². The quantitative estimate of drug-likeness (QED) is 0.425. The molecule has 1 aromatic heterocycles. The van der Waals surface area contributed by atoms with Gasteiger partial charge in [-0.1, -0.05) is 59.9 Å². The molecule has 4 rings (SSSR count). The van der Waals surface area contributed by atoms with E-state index in [1.54, 1.807) is 11.0 Å². The van der Waals surface area contributed by atoms with Gasteiger partial charge in [-0.15, -0.1) is 0 Å². The zero-order chi connectivity index (χ0) is 21.1. The van der Waals surface area contributed by atoms with Gasteiger partial charge in [0.15, 0.2) is 5.13 Å². The predicted molar refractivity (Wildman–Crippen MR) is 122 cm³/mol. The highest BCUT2D eigenvalue weighted by atomic mass is 32.1. The molecular weight excluding hydrogens is 397 g/mol. The molecular formula is C24H22FN3OS. The van der Waals surface area contributed by atoms with Crippen LogP contribution in [0.3, 0.4) is 0 Å². The van der Waals surface area contributed by atoms with E-state index < -0.39 is 0 Å². The number of fused-ring (bicyclic) bond motifs is 1. The van der Waals surface area contributed by atoms with Crippen molar-refractivity contribution in [1.29, 1.82) is 0 Å². The van der Waals surface area contributed by atoms with E-state index in [9.17, 15) is 9.18 Å². The van der Waals surface area contributed by atoms with Crippen molar-refractivity contribution < 1.29 is 9.18 Å². The van der Waals surface area contributed by atoms with Gasteiger partial charge < -0.3 is 4.90 Å². The van der Waals surface area contributed by atoms with Crippen LogP contribution in [0.25, 0.3) is 21.3 Å². The molecule has 1 amide bonds. The number of carbonyl (C=O) groups excluding carboxylic acids is 1. The molecule has 0 aliphatic carbocycles.